The Hall–Kier alpha value is -1.51. The minimum absolute atomic E-state index is 0.534. The van der Waals surface area contributed by atoms with E-state index in [4.69, 9.17) is 9.47 Å². The van der Waals surface area contributed by atoms with E-state index >= 15 is 0 Å². The first-order valence-electron chi connectivity index (χ1n) is 4.53. The molecule has 0 spiro atoms. The van der Waals surface area contributed by atoms with Crippen molar-refractivity contribution < 1.29 is 14.3 Å². The van der Waals surface area contributed by atoms with Crippen LogP contribution in [0.15, 0.2) is 24.3 Å². The summed E-state index contributed by atoms with van der Waals surface area (Å²) < 4.78 is 10.5. The molecular weight excluding hydrogens is 180 g/mol. The second-order valence-corrected chi connectivity index (χ2v) is 2.78. The predicted molar refractivity (Wildman–Crippen MR) is 53.4 cm³/mol. The van der Waals surface area contributed by atoms with Crippen LogP contribution in [0, 0.1) is 0 Å². The van der Waals surface area contributed by atoms with Crippen molar-refractivity contribution in [2.45, 2.75) is 20.0 Å². The summed E-state index contributed by atoms with van der Waals surface area (Å²) in [5, 5.41) is 0. The fourth-order valence-corrected chi connectivity index (χ4v) is 1.01. The molecule has 14 heavy (non-hydrogen) atoms. The normalized spacial score (nSPS) is 11.9. The maximum absolute atomic E-state index is 10.2. The molecule has 0 aromatic heterocycles. The van der Waals surface area contributed by atoms with Gasteiger partial charge in [-0.05, 0) is 38.1 Å². The SMILES string of the molecule is CCOc1ccc(OC(C)[C]=O)cc1. The summed E-state index contributed by atoms with van der Waals surface area (Å²) in [6.45, 7) is 4.20. The van der Waals surface area contributed by atoms with Gasteiger partial charge >= 0.3 is 0 Å². The van der Waals surface area contributed by atoms with Gasteiger partial charge in [0.25, 0.3) is 0 Å². The average Bonchev–Trinajstić information content (AvgIpc) is 2.21. The van der Waals surface area contributed by atoms with Gasteiger partial charge in [-0.1, -0.05) is 0 Å². The topological polar surface area (TPSA) is 35.5 Å². The summed E-state index contributed by atoms with van der Waals surface area (Å²) in [7, 11) is 0. The van der Waals surface area contributed by atoms with Gasteiger partial charge in [0.1, 0.15) is 11.5 Å². The summed E-state index contributed by atoms with van der Waals surface area (Å²) in [6.07, 6.45) is 1.22. The molecule has 1 atom stereocenters. The van der Waals surface area contributed by atoms with Gasteiger partial charge in [-0.15, -0.1) is 0 Å². The summed E-state index contributed by atoms with van der Waals surface area (Å²) >= 11 is 0. The molecule has 1 aromatic rings. The highest BCUT2D eigenvalue weighted by atomic mass is 16.5. The van der Waals surface area contributed by atoms with Gasteiger partial charge in [-0.2, -0.15) is 0 Å². The van der Waals surface area contributed by atoms with Crippen molar-refractivity contribution >= 4 is 6.29 Å². The van der Waals surface area contributed by atoms with Crippen molar-refractivity contribution in [2.75, 3.05) is 6.61 Å². The van der Waals surface area contributed by atoms with Crippen molar-refractivity contribution in [1.82, 2.24) is 0 Å². The molecule has 0 heterocycles. The van der Waals surface area contributed by atoms with Gasteiger partial charge in [0.15, 0.2) is 6.10 Å². The zero-order valence-electron chi connectivity index (χ0n) is 8.32. The molecule has 1 radical (unpaired) electrons. The Morgan fingerprint density at radius 3 is 2.36 bits per heavy atom. The van der Waals surface area contributed by atoms with E-state index < -0.39 is 6.10 Å². The Morgan fingerprint density at radius 2 is 1.86 bits per heavy atom. The molecule has 1 aromatic carbocycles. The standard InChI is InChI=1S/C11H13O3/c1-3-13-10-4-6-11(7-5-10)14-9(2)8-12/h4-7,9H,3H2,1-2H3. The summed E-state index contributed by atoms with van der Waals surface area (Å²) in [5.74, 6) is 1.44. The molecule has 0 amide bonds. The Morgan fingerprint density at radius 1 is 1.29 bits per heavy atom. The van der Waals surface area contributed by atoms with Crippen LogP contribution in [-0.4, -0.2) is 19.0 Å². The highest BCUT2D eigenvalue weighted by Crippen LogP contribution is 2.18. The van der Waals surface area contributed by atoms with Crippen LogP contribution in [0.25, 0.3) is 0 Å². The van der Waals surface area contributed by atoms with E-state index in [2.05, 4.69) is 0 Å². The van der Waals surface area contributed by atoms with Crippen LogP contribution < -0.4 is 9.47 Å². The molecule has 1 rings (SSSR count). The van der Waals surface area contributed by atoms with E-state index in [9.17, 15) is 4.79 Å². The van der Waals surface area contributed by atoms with Gasteiger partial charge in [0, 0.05) is 0 Å². The quantitative estimate of drug-likeness (QED) is 0.717. The Bertz CT molecular complexity index is 279. The van der Waals surface area contributed by atoms with Crippen LogP contribution in [-0.2, 0) is 4.79 Å². The number of hydrogen-bond acceptors (Lipinski definition) is 3. The average molecular weight is 193 g/mol. The van der Waals surface area contributed by atoms with Gasteiger partial charge in [-0.3, -0.25) is 4.79 Å². The molecule has 0 aliphatic carbocycles. The lowest BCUT2D eigenvalue weighted by Gasteiger charge is -2.08. The largest absolute Gasteiger partial charge is 0.494 e. The summed E-state index contributed by atoms with van der Waals surface area (Å²) in [4.78, 5) is 10.2. The molecule has 0 bridgehead atoms. The third-order valence-electron chi connectivity index (χ3n) is 1.61. The van der Waals surface area contributed by atoms with Crippen LogP contribution in [0.4, 0.5) is 0 Å². The fourth-order valence-electron chi connectivity index (χ4n) is 1.01. The fraction of sp³-hybridized carbons (Fsp3) is 0.364. The van der Waals surface area contributed by atoms with E-state index in [1.165, 1.54) is 0 Å². The molecule has 3 nitrogen and oxygen atoms in total. The van der Waals surface area contributed by atoms with Gasteiger partial charge in [0.05, 0.1) is 6.61 Å². The molecular formula is C11H13O3. The van der Waals surface area contributed by atoms with E-state index in [0.29, 0.717) is 12.4 Å². The van der Waals surface area contributed by atoms with Gasteiger partial charge < -0.3 is 9.47 Å². The molecule has 0 fully saturated rings. The molecule has 0 saturated carbocycles. The first-order valence-corrected chi connectivity index (χ1v) is 4.53. The van der Waals surface area contributed by atoms with Gasteiger partial charge in [-0.25, -0.2) is 0 Å². The number of rotatable bonds is 5. The smallest absolute Gasteiger partial charge is 0.242 e. The lowest BCUT2D eigenvalue weighted by molar-refractivity contribution is 0.277. The summed E-state index contributed by atoms with van der Waals surface area (Å²) in [6, 6.07) is 7.13. The van der Waals surface area contributed by atoms with Crippen molar-refractivity contribution in [2.24, 2.45) is 0 Å². The second kappa shape index (κ2) is 5.27. The number of hydrogen-bond donors (Lipinski definition) is 0. The zero-order chi connectivity index (χ0) is 10.4. The van der Waals surface area contributed by atoms with E-state index in [0.717, 1.165) is 5.75 Å². The van der Waals surface area contributed by atoms with Crippen LogP contribution in [0.3, 0.4) is 0 Å². The van der Waals surface area contributed by atoms with Crippen LogP contribution >= 0.6 is 0 Å². The Labute approximate surface area is 83.6 Å². The zero-order valence-corrected chi connectivity index (χ0v) is 8.32. The first kappa shape index (κ1) is 10.6. The lowest BCUT2D eigenvalue weighted by Crippen LogP contribution is -2.12. The Kier molecular flexibility index (Phi) is 3.98. The van der Waals surface area contributed by atoms with Crippen LogP contribution in [0.2, 0.25) is 0 Å². The maximum atomic E-state index is 10.2. The molecule has 0 aliphatic rings. The van der Waals surface area contributed by atoms with E-state index in [-0.39, 0.29) is 0 Å². The van der Waals surface area contributed by atoms with Crippen molar-refractivity contribution in [3.63, 3.8) is 0 Å². The van der Waals surface area contributed by atoms with Crippen molar-refractivity contribution in [3.05, 3.63) is 24.3 Å². The molecule has 0 saturated heterocycles. The summed E-state index contributed by atoms with van der Waals surface area (Å²) in [5.41, 5.74) is 0. The Balaban J connectivity index is 2.59. The molecule has 0 N–H and O–H groups in total. The molecule has 0 aliphatic heterocycles. The third-order valence-corrected chi connectivity index (χ3v) is 1.61. The third kappa shape index (κ3) is 3.09. The van der Waals surface area contributed by atoms with Crippen molar-refractivity contribution in [3.8, 4) is 11.5 Å². The minimum Gasteiger partial charge on any atom is -0.494 e. The van der Waals surface area contributed by atoms with E-state index in [1.54, 1.807) is 37.5 Å². The van der Waals surface area contributed by atoms with E-state index in [1.807, 2.05) is 6.92 Å². The van der Waals surface area contributed by atoms with Crippen molar-refractivity contribution in [1.29, 1.82) is 0 Å². The van der Waals surface area contributed by atoms with Crippen LogP contribution in [0.1, 0.15) is 13.8 Å². The highest BCUT2D eigenvalue weighted by Gasteiger charge is 2.02. The highest BCUT2D eigenvalue weighted by molar-refractivity contribution is 5.57. The lowest BCUT2D eigenvalue weighted by atomic mass is 10.3. The maximum Gasteiger partial charge on any atom is 0.242 e. The molecule has 75 valence electrons. The second-order valence-electron chi connectivity index (χ2n) is 2.78. The van der Waals surface area contributed by atoms with Gasteiger partial charge in [0.2, 0.25) is 6.29 Å². The molecule has 1 unspecified atom stereocenters. The number of carbonyl (C=O) groups excluding carboxylic acids is 1. The predicted octanol–water partition coefficient (Wildman–Crippen LogP) is 1.96. The molecule has 3 heteroatoms. The minimum atomic E-state index is -0.534. The number of ether oxygens (including phenoxy) is 2. The monoisotopic (exact) mass is 193 g/mol. The van der Waals surface area contributed by atoms with Crippen LogP contribution in [0.5, 0.6) is 11.5 Å². The first-order chi connectivity index (χ1) is 6.76. The number of benzene rings is 1.